The number of phenols is 1. The molecule has 0 saturated heterocycles. The van der Waals surface area contributed by atoms with E-state index in [9.17, 15) is 14.7 Å². The molecule has 1 aliphatic heterocycles. The largest absolute Gasteiger partial charge is 0.504 e. The first kappa shape index (κ1) is 26.0. The summed E-state index contributed by atoms with van der Waals surface area (Å²) < 4.78 is 23.7. The average Bonchev–Trinajstić information content (AvgIpc) is 3.19. The van der Waals surface area contributed by atoms with Crippen LogP contribution in [0, 0.1) is 0 Å². The summed E-state index contributed by atoms with van der Waals surface area (Å²) in [5.74, 6) is 0.812. The fourth-order valence-electron chi connectivity index (χ4n) is 4.17. The number of fused-ring (bicyclic) bond motifs is 1. The molecule has 3 aromatic rings. The molecule has 0 aliphatic carbocycles. The monoisotopic (exact) mass is 524 g/mol. The lowest BCUT2D eigenvalue weighted by atomic mass is 9.95. The molecule has 0 spiro atoms. The summed E-state index contributed by atoms with van der Waals surface area (Å²) in [6, 6.07) is 9.27. The lowest BCUT2D eigenvalue weighted by Gasteiger charge is -2.26. The smallest absolute Gasteiger partial charge is 0.338 e. The number of rotatable bonds is 8. The van der Waals surface area contributed by atoms with E-state index in [1.807, 2.05) is 6.92 Å². The minimum absolute atomic E-state index is 0.0155. The van der Waals surface area contributed by atoms with Crippen LogP contribution in [0.3, 0.4) is 0 Å². The SMILES string of the molecule is CCOC(=O)C1=C(C)N=c2s/c(=C/c3ccc(O)c(OCC)c3)c(=O)n2[C@H]1c1ccc(OC)cc1OC. The Hall–Kier alpha value is -4.05. The third-order valence-corrected chi connectivity index (χ3v) is 6.82. The van der Waals surface area contributed by atoms with Crippen molar-refractivity contribution in [3.05, 3.63) is 78.5 Å². The quantitative estimate of drug-likeness (QED) is 0.452. The standard InChI is InChI=1S/C27H28N2O7S/c1-6-35-21-12-16(8-11-19(21)30)13-22-25(31)29-24(18-10-9-17(33-4)14-20(18)34-5)23(26(32)36-7-2)15(3)28-27(29)37-22/h8-14,24,30H,6-7H2,1-5H3/b22-13+/t24-/m0/s1. The Bertz CT molecular complexity index is 1550. The highest BCUT2D eigenvalue weighted by Gasteiger charge is 2.35. The number of benzene rings is 2. The Kier molecular flexibility index (Phi) is 7.68. The van der Waals surface area contributed by atoms with Crippen LogP contribution in [0.1, 0.15) is 37.9 Å². The molecule has 1 atom stereocenters. The highest BCUT2D eigenvalue weighted by Crippen LogP contribution is 2.37. The van der Waals surface area contributed by atoms with Gasteiger partial charge in [0, 0.05) is 11.6 Å². The summed E-state index contributed by atoms with van der Waals surface area (Å²) in [5.41, 5.74) is 1.65. The maximum Gasteiger partial charge on any atom is 0.338 e. The second kappa shape index (κ2) is 10.9. The first-order valence-corrected chi connectivity index (χ1v) is 12.5. The zero-order chi connectivity index (χ0) is 26.7. The van der Waals surface area contributed by atoms with E-state index in [2.05, 4.69) is 4.99 Å². The lowest BCUT2D eigenvalue weighted by Crippen LogP contribution is -2.40. The summed E-state index contributed by atoms with van der Waals surface area (Å²) >= 11 is 1.20. The van der Waals surface area contributed by atoms with Gasteiger partial charge in [-0.3, -0.25) is 9.36 Å². The van der Waals surface area contributed by atoms with Crippen molar-refractivity contribution in [3.63, 3.8) is 0 Å². The van der Waals surface area contributed by atoms with Gasteiger partial charge in [-0.25, -0.2) is 9.79 Å². The number of allylic oxidation sites excluding steroid dienone is 1. The van der Waals surface area contributed by atoms with Gasteiger partial charge in [-0.2, -0.15) is 0 Å². The van der Waals surface area contributed by atoms with Gasteiger partial charge in [0.05, 0.1) is 43.2 Å². The Morgan fingerprint density at radius 3 is 2.57 bits per heavy atom. The molecule has 0 radical (unpaired) electrons. The van der Waals surface area contributed by atoms with Gasteiger partial charge >= 0.3 is 5.97 Å². The molecule has 0 bridgehead atoms. The van der Waals surface area contributed by atoms with Gasteiger partial charge in [-0.05, 0) is 56.7 Å². The molecule has 194 valence electrons. The third kappa shape index (κ3) is 4.97. The maximum atomic E-state index is 13.8. The van der Waals surface area contributed by atoms with Gasteiger partial charge < -0.3 is 24.1 Å². The molecule has 0 fully saturated rings. The molecule has 0 saturated carbocycles. The van der Waals surface area contributed by atoms with Crippen molar-refractivity contribution in [2.45, 2.75) is 26.8 Å². The molecule has 1 aliphatic rings. The third-order valence-electron chi connectivity index (χ3n) is 5.83. The molecule has 37 heavy (non-hydrogen) atoms. The van der Waals surface area contributed by atoms with E-state index in [4.69, 9.17) is 18.9 Å². The van der Waals surface area contributed by atoms with Crippen LogP contribution in [-0.2, 0) is 9.53 Å². The number of esters is 1. The molecule has 0 amide bonds. The first-order valence-electron chi connectivity index (χ1n) is 11.7. The van der Waals surface area contributed by atoms with Crippen LogP contribution in [0.2, 0.25) is 0 Å². The molecule has 0 unspecified atom stereocenters. The molecular weight excluding hydrogens is 496 g/mol. The van der Waals surface area contributed by atoms with Crippen LogP contribution >= 0.6 is 11.3 Å². The highest BCUT2D eigenvalue weighted by atomic mass is 32.1. The molecule has 4 rings (SSSR count). The summed E-state index contributed by atoms with van der Waals surface area (Å²) in [6.45, 7) is 5.83. The number of hydrogen-bond donors (Lipinski definition) is 1. The second-order valence-electron chi connectivity index (χ2n) is 8.07. The molecule has 9 nitrogen and oxygen atoms in total. The molecule has 1 N–H and O–H groups in total. The summed E-state index contributed by atoms with van der Waals surface area (Å²) in [6.07, 6.45) is 1.71. The number of aromatic hydroxyl groups is 1. The van der Waals surface area contributed by atoms with Crippen molar-refractivity contribution in [2.75, 3.05) is 27.4 Å². The van der Waals surface area contributed by atoms with Crippen LogP contribution in [0.5, 0.6) is 23.0 Å². The first-order chi connectivity index (χ1) is 17.8. The van der Waals surface area contributed by atoms with E-state index in [1.165, 1.54) is 29.1 Å². The number of hydrogen-bond acceptors (Lipinski definition) is 9. The minimum atomic E-state index is -0.822. The van der Waals surface area contributed by atoms with E-state index < -0.39 is 12.0 Å². The number of aromatic nitrogens is 1. The van der Waals surface area contributed by atoms with Gasteiger partial charge in [-0.1, -0.05) is 17.4 Å². The Morgan fingerprint density at radius 2 is 1.89 bits per heavy atom. The van der Waals surface area contributed by atoms with Crippen LogP contribution in [0.25, 0.3) is 6.08 Å². The zero-order valence-electron chi connectivity index (χ0n) is 21.2. The molecule has 2 aromatic carbocycles. The van der Waals surface area contributed by atoms with Crippen LogP contribution in [0.15, 0.2) is 57.5 Å². The van der Waals surface area contributed by atoms with Crippen molar-refractivity contribution >= 4 is 23.4 Å². The topological polar surface area (TPSA) is 109 Å². The Balaban J connectivity index is 1.96. The number of carbonyl (C=O) groups is 1. The second-order valence-corrected chi connectivity index (χ2v) is 9.08. The van der Waals surface area contributed by atoms with Gasteiger partial charge in [0.25, 0.3) is 5.56 Å². The van der Waals surface area contributed by atoms with E-state index in [-0.39, 0.29) is 23.5 Å². The van der Waals surface area contributed by atoms with Crippen LogP contribution < -0.4 is 29.1 Å². The molecule has 10 heteroatoms. The Labute approximate surface area is 217 Å². The van der Waals surface area contributed by atoms with E-state index in [0.717, 1.165) is 0 Å². The van der Waals surface area contributed by atoms with Crippen molar-refractivity contribution in [1.82, 2.24) is 4.57 Å². The van der Waals surface area contributed by atoms with Crippen LogP contribution in [-0.4, -0.2) is 43.1 Å². The number of ether oxygens (including phenoxy) is 4. The highest BCUT2D eigenvalue weighted by molar-refractivity contribution is 7.07. The number of phenolic OH excluding ortho intramolecular Hbond substituents is 1. The molecular formula is C27H28N2O7S. The van der Waals surface area contributed by atoms with Gasteiger partial charge in [0.2, 0.25) is 0 Å². The molecule has 1 aromatic heterocycles. The van der Waals surface area contributed by atoms with E-state index in [1.54, 1.807) is 57.4 Å². The van der Waals surface area contributed by atoms with Crippen molar-refractivity contribution < 1.29 is 28.8 Å². The van der Waals surface area contributed by atoms with E-state index in [0.29, 0.717) is 50.0 Å². The van der Waals surface area contributed by atoms with E-state index >= 15 is 0 Å². The number of thiazole rings is 1. The van der Waals surface area contributed by atoms with Gasteiger partial charge in [0.1, 0.15) is 17.5 Å². The normalized spacial score (nSPS) is 15.2. The maximum absolute atomic E-state index is 13.8. The van der Waals surface area contributed by atoms with Crippen LogP contribution in [0.4, 0.5) is 0 Å². The number of methoxy groups -OCH3 is 2. The predicted molar refractivity (Wildman–Crippen MR) is 139 cm³/mol. The van der Waals surface area contributed by atoms with Crippen molar-refractivity contribution in [2.24, 2.45) is 4.99 Å². The summed E-state index contributed by atoms with van der Waals surface area (Å²) in [5, 5.41) is 10.0. The minimum Gasteiger partial charge on any atom is -0.504 e. The lowest BCUT2D eigenvalue weighted by molar-refractivity contribution is -0.139. The Morgan fingerprint density at radius 1 is 1.11 bits per heavy atom. The van der Waals surface area contributed by atoms with Gasteiger partial charge in [0.15, 0.2) is 16.3 Å². The number of carbonyl (C=O) groups excluding carboxylic acids is 1. The summed E-state index contributed by atoms with van der Waals surface area (Å²) in [7, 11) is 3.06. The molecule has 2 heterocycles. The average molecular weight is 525 g/mol. The summed E-state index contributed by atoms with van der Waals surface area (Å²) in [4.78, 5) is 31.9. The fraction of sp³-hybridized carbons (Fsp3) is 0.296. The number of nitrogens with zero attached hydrogens (tertiary/aromatic N) is 2. The fourth-order valence-corrected chi connectivity index (χ4v) is 5.22. The predicted octanol–water partition coefficient (Wildman–Crippen LogP) is 2.92. The van der Waals surface area contributed by atoms with Gasteiger partial charge in [-0.15, -0.1) is 0 Å². The van der Waals surface area contributed by atoms with Crippen molar-refractivity contribution in [1.29, 1.82) is 0 Å². The zero-order valence-corrected chi connectivity index (χ0v) is 22.0. The van der Waals surface area contributed by atoms with Crippen molar-refractivity contribution in [3.8, 4) is 23.0 Å².